The van der Waals surface area contributed by atoms with Crippen LogP contribution in [-0.2, 0) is 0 Å². The van der Waals surface area contributed by atoms with E-state index in [9.17, 15) is 0 Å². The van der Waals surface area contributed by atoms with Crippen LogP contribution in [0, 0.1) is 0 Å². The molecule has 4 heterocycles. The molecule has 1 aliphatic rings. The standard InChI is InChI=1S/C12H8N2S4/c1-3-7(15-5-1)9-13-11-12(17-9)14-10(18-11)8-4-2-6-16-8/h1-6,9,13H. The van der Waals surface area contributed by atoms with E-state index in [-0.39, 0.29) is 0 Å². The first kappa shape index (κ1) is 11.0. The van der Waals surface area contributed by atoms with Crippen LogP contribution < -0.4 is 5.32 Å². The summed E-state index contributed by atoms with van der Waals surface area (Å²) in [7, 11) is 0. The van der Waals surface area contributed by atoms with E-state index in [0.29, 0.717) is 5.37 Å². The molecule has 1 aliphatic heterocycles. The van der Waals surface area contributed by atoms with Gasteiger partial charge >= 0.3 is 0 Å². The average Bonchev–Trinajstić information content (AvgIpc) is 3.13. The number of hydrogen-bond acceptors (Lipinski definition) is 6. The van der Waals surface area contributed by atoms with E-state index in [2.05, 4.69) is 40.3 Å². The first-order valence-electron chi connectivity index (χ1n) is 5.41. The topological polar surface area (TPSA) is 24.9 Å². The fourth-order valence-corrected chi connectivity index (χ4v) is 5.77. The number of thioether (sulfide) groups is 1. The predicted molar refractivity (Wildman–Crippen MR) is 82.0 cm³/mol. The Hall–Kier alpha value is -0.820. The minimum absolute atomic E-state index is 0.344. The Labute approximate surface area is 121 Å². The highest BCUT2D eigenvalue weighted by Crippen LogP contribution is 2.51. The van der Waals surface area contributed by atoms with Crippen molar-refractivity contribution < 1.29 is 0 Å². The van der Waals surface area contributed by atoms with Crippen LogP contribution in [0.2, 0.25) is 0 Å². The fraction of sp³-hybridized carbons (Fsp3) is 0.0833. The van der Waals surface area contributed by atoms with Gasteiger partial charge in [-0.05, 0) is 22.9 Å². The molecule has 6 heteroatoms. The summed E-state index contributed by atoms with van der Waals surface area (Å²) in [5.74, 6) is 0. The second-order valence-electron chi connectivity index (χ2n) is 3.79. The third-order valence-corrected chi connectivity index (χ3v) is 6.99. The number of hydrogen-bond donors (Lipinski definition) is 1. The number of thiophene rings is 2. The zero-order chi connectivity index (χ0) is 11.9. The predicted octanol–water partition coefficient (Wildman–Crippen LogP) is 5.15. The van der Waals surface area contributed by atoms with E-state index in [1.807, 2.05) is 11.8 Å². The van der Waals surface area contributed by atoms with Crippen molar-refractivity contribution in [2.24, 2.45) is 0 Å². The van der Waals surface area contributed by atoms with Gasteiger partial charge in [0, 0.05) is 4.88 Å². The van der Waals surface area contributed by atoms with Crippen molar-refractivity contribution in [1.82, 2.24) is 4.98 Å². The summed E-state index contributed by atoms with van der Waals surface area (Å²) >= 11 is 7.10. The molecule has 3 aromatic rings. The summed E-state index contributed by atoms with van der Waals surface area (Å²) in [6.45, 7) is 0. The van der Waals surface area contributed by atoms with E-state index in [1.54, 1.807) is 34.0 Å². The molecule has 0 saturated heterocycles. The number of rotatable bonds is 2. The third-order valence-electron chi connectivity index (χ3n) is 2.62. The second-order valence-corrected chi connectivity index (χ2v) is 7.81. The fourth-order valence-electron chi connectivity index (χ4n) is 1.81. The molecule has 0 saturated carbocycles. The Kier molecular flexibility index (Phi) is 2.69. The molecule has 18 heavy (non-hydrogen) atoms. The highest BCUT2D eigenvalue weighted by Gasteiger charge is 2.27. The summed E-state index contributed by atoms with van der Waals surface area (Å²) in [6, 6.07) is 8.47. The van der Waals surface area contributed by atoms with Crippen molar-refractivity contribution in [3.05, 3.63) is 39.9 Å². The Morgan fingerprint density at radius 1 is 1.11 bits per heavy atom. The molecule has 0 bridgehead atoms. The Balaban J connectivity index is 1.63. The molecule has 1 unspecified atom stereocenters. The molecule has 1 atom stereocenters. The maximum atomic E-state index is 4.73. The van der Waals surface area contributed by atoms with E-state index in [4.69, 9.17) is 4.98 Å². The van der Waals surface area contributed by atoms with Crippen LogP contribution in [-0.4, -0.2) is 4.98 Å². The average molecular weight is 308 g/mol. The lowest BCUT2D eigenvalue weighted by molar-refractivity contribution is 1.19. The van der Waals surface area contributed by atoms with Crippen LogP contribution in [0.1, 0.15) is 10.3 Å². The maximum Gasteiger partial charge on any atom is 0.136 e. The number of aromatic nitrogens is 1. The highest BCUT2D eigenvalue weighted by molar-refractivity contribution is 8.00. The van der Waals surface area contributed by atoms with Gasteiger partial charge in [-0.2, -0.15) is 0 Å². The molecular formula is C12H8N2S4. The smallest absolute Gasteiger partial charge is 0.136 e. The second kappa shape index (κ2) is 4.38. The molecule has 0 aliphatic carbocycles. The van der Waals surface area contributed by atoms with Gasteiger partial charge in [-0.15, -0.1) is 22.7 Å². The number of anilines is 1. The number of nitrogens with zero attached hydrogens (tertiary/aromatic N) is 1. The molecule has 0 fully saturated rings. The van der Waals surface area contributed by atoms with Gasteiger partial charge in [-0.25, -0.2) is 4.98 Å². The van der Waals surface area contributed by atoms with Crippen molar-refractivity contribution in [2.75, 3.05) is 5.32 Å². The zero-order valence-corrected chi connectivity index (χ0v) is 12.4. The van der Waals surface area contributed by atoms with Gasteiger partial charge in [0.15, 0.2) is 0 Å². The SMILES string of the molecule is c1csc(-c2nc3c(s2)NC(c2cccs2)S3)c1. The van der Waals surface area contributed by atoms with Crippen molar-refractivity contribution >= 4 is 50.8 Å². The molecule has 0 amide bonds. The monoisotopic (exact) mass is 308 g/mol. The van der Waals surface area contributed by atoms with Crippen LogP contribution in [0.15, 0.2) is 40.1 Å². The maximum absolute atomic E-state index is 4.73. The van der Waals surface area contributed by atoms with E-state index >= 15 is 0 Å². The van der Waals surface area contributed by atoms with Crippen molar-refractivity contribution in [3.63, 3.8) is 0 Å². The van der Waals surface area contributed by atoms with Crippen LogP contribution >= 0.6 is 45.8 Å². The lowest BCUT2D eigenvalue weighted by Crippen LogP contribution is -1.97. The number of nitrogens with one attached hydrogen (secondary N) is 1. The largest absolute Gasteiger partial charge is 0.358 e. The molecule has 90 valence electrons. The minimum atomic E-state index is 0.344. The van der Waals surface area contributed by atoms with Crippen LogP contribution in [0.25, 0.3) is 9.88 Å². The van der Waals surface area contributed by atoms with Crippen molar-refractivity contribution in [1.29, 1.82) is 0 Å². The summed E-state index contributed by atoms with van der Waals surface area (Å²) in [6.07, 6.45) is 0. The Morgan fingerprint density at radius 3 is 2.72 bits per heavy atom. The quantitative estimate of drug-likeness (QED) is 0.708. The molecule has 1 N–H and O–H groups in total. The summed E-state index contributed by atoms with van der Waals surface area (Å²) < 4.78 is 0. The summed E-state index contributed by atoms with van der Waals surface area (Å²) in [5.41, 5.74) is 0. The molecule has 3 aromatic heterocycles. The van der Waals surface area contributed by atoms with Crippen molar-refractivity contribution in [3.8, 4) is 9.88 Å². The normalized spacial score (nSPS) is 17.7. The van der Waals surface area contributed by atoms with E-state index in [1.165, 1.54) is 14.8 Å². The number of fused-ring (bicyclic) bond motifs is 1. The third kappa shape index (κ3) is 1.80. The Morgan fingerprint density at radius 2 is 2.00 bits per heavy atom. The van der Waals surface area contributed by atoms with Gasteiger partial charge in [0.1, 0.15) is 20.4 Å². The van der Waals surface area contributed by atoms with Crippen molar-refractivity contribution in [2.45, 2.75) is 10.4 Å². The summed E-state index contributed by atoms with van der Waals surface area (Å²) in [5, 5.41) is 11.6. The lowest BCUT2D eigenvalue weighted by Gasteiger charge is -2.06. The molecule has 0 aromatic carbocycles. The van der Waals surface area contributed by atoms with E-state index < -0.39 is 0 Å². The summed E-state index contributed by atoms with van der Waals surface area (Å²) in [4.78, 5) is 7.35. The molecule has 0 spiro atoms. The van der Waals surface area contributed by atoms with Gasteiger partial charge in [0.05, 0.1) is 4.88 Å². The minimum Gasteiger partial charge on any atom is -0.358 e. The van der Waals surface area contributed by atoms with Gasteiger partial charge in [0.2, 0.25) is 0 Å². The first-order chi connectivity index (χ1) is 8.90. The highest BCUT2D eigenvalue weighted by atomic mass is 32.2. The van der Waals surface area contributed by atoms with Gasteiger partial charge in [0.25, 0.3) is 0 Å². The van der Waals surface area contributed by atoms with Crippen LogP contribution in [0.4, 0.5) is 5.00 Å². The Bertz CT molecular complexity index is 631. The lowest BCUT2D eigenvalue weighted by atomic mass is 10.4. The van der Waals surface area contributed by atoms with Gasteiger partial charge in [-0.1, -0.05) is 35.2 Å². The molecule has 4 rings (SSSR count). The zero-order valence-electron chi connectivity index (χ0n) is 9.12. The van der Waals surface area contributed by atoms with Crippen LogP contribution in [0.5, 0.6) is 0 Å². The molecular weight excluding hydrogens is 300 g/mol. The number of thiazole rings is 1. The van der Waals surface area contributed by atoms with Gasteiger partial charge in [-0.3, -0.25) is 0 Å². The van der Waals surface area contributed by atoms with Gasteiger partial charge < -0.3 is 5.32 Å². The molecule has 2 nitrogen and oxygen atoms in total. The van der Waals surface area contributed by atoms with Crippen LogP contribution in [0.3, 0.4) is 0 Å². The molecule has 0 radical (unpaired) electrons. The first-order valence-corrected chi connectivity index (χ1v) is 8.87. The van der Waals surface area contributed by atoms with E-state index in [0.717, 1.165) is 10.0 Å².